The van der Waals surface area contributed by atoms with Crippen LogP contribution in [0.25, 0.3) is 0 Å². The Balaban J connectivity index is 1.74. The molecule has 0 unspecified atom stereocenters. The summed E-state index contributed by atoms with van der Waals surface area (Å²) in [4.78, 5) is 25.9. The fourth-order valence-corrected chi connectivity index (χ4v) is 4.36. The van der Waals surface area contributed by atoms with Crippen molar-refractivity contribution in [1.82, 2.24) is 4.90 Å². The molecule has 0 saturated heterocycles. The van der Waals surface area contributed by atoms with Crippen molar-refractivity contribution in [3.8, 4) is 0 Å². The van der Waals surface area contributed by atoms with Crippen molar-refractivity contribution in [3.63, 3.8) is 0 Å². The summed E-state index contributed by atoms with van der Waals surface area (Å²) in [7, 11) is -4.03. The molecule has 3 aromatic carbocycles. The van der Waals surface area contributed by atoms with E-state index in [0.29, 0.717) is 24.3 Å². The lowest BCUT2D eigenvalue weighted by molar-refractivity contribution is -0.129. The number of amides is 2. The normalized spacial score (nSPS) is 11.1. The summed E-state index contributed by atoms with van der Waals surface area (Å²) in [6.45, 7) is 5.94. The molecule has 3 rings (SSSR count). The molecule has 0 spiro atoms. The molecule has 0 aromatic heterocycles. The number of hydrogen-bond donors (Lipinski definition) is 2. The van der Waals surface area contributed by atoms with E-state index in [9.17, 15) is 22.4 Å². The van der Waals surface area contributed by atoms with E-state index in [0.717, 1.165) is 11.6 Å². The van der Waals surface area contributed by atoms with E-state index < -0.39 is 21.7 Å². The standard InChI is InChI=1S/C25H26FN3O4S/c1-4-29(18(3)30)16-19-7-5-9-21(13-19)27-25(31)20-8-6-10-22(14-20)28-34(32,33)23-12-11-17(2)24(26)15-23/h5-15,28H,4,16H2,1-3H3,(H,27,31). The van der Waals surface area contributed by atoms with Crippen LogP contribution < -0.4 is 10.0 Å². The second-order valence-corrected chi connectivity index (χ2v) is 9.47. The molecule has 2 N–H and O–H groups in total. The summed E-state index contributed by atoms with van der Waals surface area (Å²) in [6.07, 6.45) is 0. The maximum Gasteiger partial charge on any atom is 0.261 e. The molecule has 0 aliphatic heterocycles. The predicted molar refractivity (Wildman–Crippen MR) is 130 cm³/mol. The molecule has 0 saturated carbocycles. The fraction of sp³-hybridized carbons (Fsp3) is 0.200. The van der Waals surface area contributed by atoms with E-state index in [1.165, 1.54) is 31.2 Å². The van der Waals surface area contributed by atoms with Gasteiger partial charge >= 0.3 is 0 Å². The number of rotatable bonds is 8. The first kappa shape index (κ1) is 24.9. The van der Waals surface area contributed by atoms with Crippen LogP contribution in [-0.2, 0) is 21.4 Å². The van der Waals surface area contributed by atoms with Gasteiger partial charge < -0.3 is 10.2 Å². The third-order valence-corrected chi connectivity index (χ3v) is 6.59. The summed E-state index contributed by atoms with van der Waals surface area (Å²) < 4.78 is 41.5. The monoisotopic (exact) mass is 483 g/mol. The van der Waals surface area contributed by atoms with Crippen LogP contribution in [0.2, 0.25) is 0 Å². The zero-order chi connectivity index (χ0) is 24.9. The Bertz CT molecular complexity index is 1330. The van der Waals surface area contributed by atoms with Crippen LogP contribution in [-0.4, -0.2) is 31.7 Å². The van der Waals surface area contributed by atoms with Gasteiger partial charge in [0.1, 0.15) is 5.82 Å². The molecule has 0 radical (unpaired) electrons. The Morgan fingerprint density at radius 3 is 2.35 bits per heavy atom. The van der Waals surface area contributed by atoms with Crippen molar-refractivity contribution in [3.05, 3.63) is 89.2 Å². The number of carbonyl (C=O) groups excluding carboxylic acids is 2. The van der Waals surface area contributed by atoms with E-state index >= 15 is 0 Å². The molecule has 3 aromatic rings. The summed E-state index contributed by atoms with van der Waals surface area (Å²) in [5.41, 5.74) is 2.15. The number of hydrogen-bond acceptors (Lipinski definition) is 4. The van der Waals surface area contributed by atoms with Crippen LogP contribution in [0.4, 0.5) is 15.8 Å². The highest BCUT2D eigenvalue weighted by molar-refractivity contribution is 7.92. The molecular formula is C25H26FN3O4S. The van der Waals surface area contributed by atoms with Gasteiger partial charge in [0, 0.05) is 37.0 Å². The minimum Gasteiger partial charge on any atom is -0.339 e. The maximum atomic E-state index is 13.8. The largest absolute Gasteiger partial charge is 0.339 e. The first-order valence-electron chi connectivity index (χ1n) is 10.6. The topological polar surface area (TPSA) is 95.6 Å². The number of sulfonamides is 1. The minimum absolute atomic E-state index is 0.0374. The molecule has 0 atom stereocenters. The second-order valence-electron chi connectivity index (χ2n) is 7.78. The average molecular weight is 484 g/mol. The molecule has 0 aliphatic rings. The first-order valence-corrected chi connectivity index (χ1v) is 12.1. The van der Waals surface area contributed by atoms with Gasteiger partial charge in [0.2, 0.25) is 5.91 Å². The minimum atomic E-state index is -4.03. The van der Waals surface area contributed by atoms with Crippen LogP contribution in [0.3, 0.4) is 0 Å². The number of nitrogens with zero attached hydrogens (tertiary/aromatic N) is 1. The molecule has 9 heteroatoms. The smallest absolute Gasteiger partial charge is 0.261 e. The highest BCUT2D eigenvalue weighted by Crippen LogP contribution is 2.20. The van der Waals surface area contributed by atoms with Gasteiger partial charge in [-0.1, -0.05) is 24.3 Å². The van der Waals surface area contributed by atoms with Gasteiger partial charge in [-0.25, -0.2) is 12.8 Å². The quantitative estimate of drug-likeness (QED) is 0.491. The van der Waals surface area contributed by atoms with Crippen LogP contribution in [0.5, 0.6) is 0 Å². The molecule has 0 heterocycles. The summed E-state index contributed by atoms with van der Waals surface area (Å²) in [6, 6.07) is 16.8. The Morgan fingerprint density at radius 1 is 0.971 bits per heavy atom. The fourth-order valence-electron chi connectivity index (χ4n) is 3.30. The Hall–Kier alpha value is -3.72. The van der Waals surface area contributed by atoms with Gasteiger partial charge in [0.05, 0.1) is 4.90 Å². The SMILES string of the molecule is CCN(Cc1cccc(NC(=O)c2cccc(NS(=O)(=O)c3ccc(C)c(F)c3)c2)c1)C(C)=O. The second kappa shape index (κ2) is 10.5. The van der Waals surface area contributed by atoms with Crippen LogP contribution >= 0.6 is 0 Å². The van der Waals surface area contributed by atoms with Crippen LogP contribution in [0.1, 0.15) is 35.3 Å². The zero-order valence-corrected chi connectivity index (χ0v) is 19.9. The van der Waals surface area contributed by atoms with Crippen molar-refractivity contribution in [2.24, 2.45) is 0 Å². The highest BCUT2D eigenvalue weighted by Gasteiger charge is 2.17. The zero-order valence-electron chi connectivity index (χ0n) is 19.1. The van der Waals surface area contributed by atoms with Crippen LogP contribution in [0, 0.1) is 12.7 Å². The van der Waals surface area contributed by atoms with E-state index in [2.05, 4.69) is 10.0 Å². The summed E-state index contributed by atoms with van der Waals surface area (Å²) >= 11 is 0. The summed E-state index contributed by atoms with van der Waals surface area (Å²) in [5, 5.41) is 2.79. The van der Waals surface area contributed by atoms with E-state index in [1.54, 1.807) is 42.2 Å². The number of nitrogens with one attached hydrogen (secondary N) is 2. The third-order valence-electron chi connectivity index (χ3n) is 5.22. The Labute approximate surface area is 198 Å². The van der Waals surface area contributed by atoms with Gasteiger partial charge in [-0.3, -0.25) is 14.3 Å². The molecule has 0 aliphatic carbocycles. The van der Waals surface area contributed by atoms with Gasteiger partial charge in [-0.2, -0.15) is 0 Å². The lowest BCUT2D eigenvalue weighted by atomic mass is 10.1. The predicted octanol–water partition coefficient (Wildman–Crippen LogP) is 4.56. The van der Waals surface area contributed by atoms with Gasteiger partial charge in [0.15, 0.2) is 0 Å². The maximum absolute atomic E-state index is 13.8. The molecule has 0 fully saturated rings. The number of benzene rings is 3. The van der Waals surface area contributed by atoms with Crippen LogP contribution in [0.15, 0.2) is 71.6 Å². The number of halogens is 1. The number of aryl methyl sites for hydroxylation is 1. The molecule has 2 amide bonds. The average Bonchev–Trinajstić information content (AvgIpc) is 2.79. The van der Waals surface area contributed by atoms with Crippen molar-refractivity contribution >= 4 is 33.2 Å². The first-order chi connectivity index (χ1) is 16.1. The Kier molecular flexibility index (Phi) is 7.68. The lowest BCUT2D eigenvalue weighted by Gasteiger charge is -2.19. The van der Waals surface area contributed by atoms with Crippen molar-refractivity contribution in [2.75, 3.05) is 16.6 Å². The molecule has 34 heavy (non-hydrogen) atoms. The highest BCUT2D eigenvalue weighted by atomic mass is 32.2. The van der Waals surface area contributed by atoms with Gasteiger partial charge in [0.25, 0.3) is 15.9 Å². The van der Waals surface area contributed by atoms with E-state index in [4.69, 9.17) is 0 Å². The van der Waals surface area contributed by atoms with Gasteiger partial charge in [-0.15, -0.1) is 0 Å². The molecular weight excluding hydrogens is 457 g/mol. The van der Waals surface area contributed by atoms with E-state index in [1.807, 2.05) is 13.0 Å². The van der Waals surface area contributed by atoms with Gasteiger partial charge in [-0.05, 0) is 67.4 Å². The van der Waals surface area contributed by atoms with Crippen molar-refractivity contribution < 1.29 is 22.4 Å². The Morgan fingerprint density at radius 2 is 1.68 bits per heavy atom. The number of carbonyl (C=O) groups is 2. The lowest BCUT2D eigenvalue weighted by Crippen LogP contribution is -2.27. The molecule has 178 valence electrons. The van der Waals surface area contributed by atoms with Crippen molar-refractivity contribution in [2.45, 2.75) is 32.2 Å². The molecule has 7 nitrogen and oxygen atoms in total. The number of anilines is 2. The third kappa shape index (κ3) is 6.20. The summed E-state index contributed by atoms with van der Waals surface area (Å²) in [5.74, 6) is -1.09. The molecule has 0 bridgehead atoms. The van der Waals surface area contributed by atoms with E-state index in [-0.39, 0.29) is 22.1 Å². The van der Waals surface area contributed by atoms with Crippen molar-refractivity contribution in [1.29, 1.82) is 0 Å².